The summed E-state index contributed by atoms with van der Waals surface area (Å²) in [7, 11) is 3.14. The summed E-state index contributed by atoms with van der Waals surface area (Å²) in [5.74, 6) is -0.394. The van der Waals surface area contributed by atoms with Gasteiger partial charge in [-0.3, -0.25) is 14.5 Å². The van der Waals surface area contributed by atoms with Crippen molar-refractivity contribution in [1.82, 2.24) is 9.97 Å². The highest BCUT2D eigenvalue weighted by atomic mass is 32.1. The summed E-state index contributed by atoms with van der Waals surface area (Å²) in [5, 5.41) is 12.1. The molecule has 1 aliphatic rings. The maximum Gasteiger partial charge on any atom is 0.296 e. The van der Waals surface area contributed by atoms with Crippen LogP contribution in [0.4, 0.5) is 5.13 Å². The summed E-state index contributed by atoms with van der Waals surface area (Å²) in [6, 6.07) is 11.6. The fourth-order valence-electron chi connectivity index (χ4n) is 4.12. The van der Waals surface area contributed by atoms with Gasteiger partial charge in [-0.05, 0) is 49.7 Å². The molecule has 4 aromatic rings. The Labute approximate surface area is 209 Å². The molecule has 178 valence electrons. The van der Waals surface area contributed by atoms with Crippen LogP contribution in [0.5, 0.6) is 11.5 Å². The Morgan fingerprint density at radius 2 is 1.69 bits per heavy atom. The first-order chi connectivity index (χ1) is 16.8. The first kappa shape index (κ1) is 23.0. The minimum Gasteiger partial charge on any atom is -0.503 e. The third-order valence-corrected chi connectivity index (χ3v) is 7.87. The number of aromatic nitrogens is 2. The Morgan fingerprint density at radius 1 is 1.00 bits per heavy atom. The molecule has 2 aromatic heterocycles. The number of hydrogen-bond donors (Lipinski definition) is 1. The minimum atomic E-state index is -0.870. The first-order valence-corrected chi connectivity index (χ1v) is 12.3. The van der Waals surface area contributed by atoms with E-state index >= 15 is 0 Å². The predicted octanol–water partition coefficient (Wildman–Crippen LogP) is 5.17. The van der Waals surface area contributed by atoms with Gasteiger partial charge in [-0.1, -0.05) is 23.5 Å². The van der Waals surface area contributed by atoms with Gasteiger partial charge in [0.05, 0.1) is 51.6 Å². The molecule has 0 aliphatic carbocycles. The van der Waals surface area contributed by atoms with E-state index in [1.807, 2.05) is 13.0 Å². The highest BCUT2D eigenvalue weighted by molar-refractivity contribution is 7.22. The van der Waals surface area contributed by atoms with Crippen LogP contribution in [-0.2, 0) is 4.79 Å². The number of fused-ring (bicyclic) bond motifs is 1. The quantitative estimate of drug-likeness (QED) is 0.359. The molecule has 1 atom stereocenters. The van der Waals surface area contributed by atoms with Gasteiger partial charge in [0.25, 0.3) is 5.91 Å². The maximum absolute atomic E-state index is 13.7. The number of rotatable bonds is 6. The number of Topliss-reactive ketones (excluding diaryl/α,β-unsaturated/α-hetero) is 1. The number of ketones is 1. The van der Waals surface area contributed by atoms with Gasteiger partial charge in [0.15, 0.2) is 10.9 Å². The molecule has 0 radical (unpaired) electrons. The lowest BCUT2D eigenvalue weighted by molar-refractivity contribution is -0.117. The van der Waals surface area contributed by atoms with E-state index in [1.54, 1.807) is 57.5 Å². The van der Waals surface area contributed by atoms with Crippen LogP contribution >= 0.6 is 22.7 Å². The molecule has 0 saturated carbocycles. The number of anilines is 1. The molecule has 0 saturated heterocycles. The van der Waals surface area contributed by atoms with Gasteiger partial charge in [-0.15, -0.1) is 11.3 Å². The molecule has 35 heavy (non-hydrogen) atoms. The van der Waals surface area contributed by atoms with Gasteiger partial charge in [-0.25, -0.2) is 9.97 Å². The molecule has 1 amide bonds. The molecule has 0 fully saturated rings. The zero-order valence-corrected chi connectivity index (χ0v) is 21.0. The molecule has 0 bridgehead atoms. The molecule has 2 aromatic carbocycles. The number of benzene rings is 2. The molecule has 1 unspecified atom stereocenters. The largest absolute Gasteiger partial charge is 0.503 e. The van der Waals surface area contributed by atoms with Crippen LogP contribution < -0.4 is 14.4 Å². The number of amides is 1. The average Bonchev–Trinajstić information content (AvgIpc) is 3.51. The van der Waals surface area contributed by atoms with Crippen molar-refractivity contribution in [1.29, 1.82) is 0 Å². The van der Waals surface area contributed by atoms with Crippen molar-refractivity contribution in [3.8, 4) is 11.5 Å². The van der Waals surface area contributed by atoms with Crippen molar-refractivity contribution in [2.75, 3.05) is 19.1 Å². The van der Waals surface area contributed by atoms with Crippen LogP contribution in [0.25, 0.3) is 10.2 Å². The number of carbonyl (C=O) groups is 2. The summed E-state index contributed by atoms with van der Waals surface area (Å²) < 4.78 is 11.4. The molecular weight excluding hydrogens is 486 g/mol. The van der Waals surface area contributed by atoms with Gasteiger partial charge in [0.2, 0.25) is 5.78 Å². The Morgan fingerprint density at radius 3 is 2.31 bits per heavy atom. The van der Waals surface area contributed by atoms with Crippen LogP contribution in [0.3, 0.4) is 0 Å². The summed E-state index contributed by atoms with van der Waals surface area (Å²) >= 11 is 2.52. The molecule has 1 N–H and O–H groups in total. The molecule has 5 rings (SSSR count). The second-order valence-electron chi connectivity index (χ2n) is 7.92. The van der Waals surface area contributed by atoms with E-state index < -0.39 is 23.5 Å². The number of ether oxygens (including phenoxy) is 2. The number of hydrogen-bond acceptors (Lipinski definition) is 9. The number of thiazole rings is 2. The third kappa shape index (κ3) is 3.84. The van der Waals surface area contributed by atoms with E-state index in [4.69, 9.17) is 9.47 Å². The van der Waals surface area contributed by atoms with E-state index in [0.29, 0.717) is 38.3 Å². The summed E-state index contributed by atoms with van der Waals surface area (Å²) in [6.07, 6.45) is 0. The molecule has 3 heterocycles. The standard InChI is InChI=1S/C25H21N3O5S2/c1-12-23(34-13(2)26-12)21(29)19-20(14-5-7-15(32-3)8-6-14)28(24(31)22(19)30)25-27-17-10-9-16(33-4)11-18(17)35-25/h5-11,20,30H,1-4H3. The van der Waals surface area contributed by atoms with Gasteiger partial charge in [-0.2, -0.15) is 0 Å². The molecule has 0 spiro atoms. The van der Waals surface area contributed by atoms with Gasteiger partial charge in [0.1, 0.15) is 11.5 Å². The van der Waals surface area contributed by atoms with Gasteiger partial charge in [0, 0.05) is 0 Å². The summed E-state index contributed by atoms with van der Waals surface area (Å²) in [5.41, 5.74) is 1.88. The highest BCUT2D eigenvalue weighted by Crippen LogP contribution is 2.45. The third-order valence-electron chi connectivity index (χ3n) is 5.78. The maximum atomic E-state index is 13.7. The Bertz CT molecular complexity index is 1500. The fourth-order valence-corrected chi connectivity index (χ4v) is 6.02. The van der Waals surface area contributed by atoms with Crippen molar-refractivity contribution >= 4 is 49.7 Å². The van der Waals surface area contributed by atoms with Crippen molar-refractivity contribution < 1.29 is 24.2 Å². The van der Waals surface area contributed by atoms with Crippen LogP contribution in [0.2, 0.25) is 0 Å². The summed E-state index contributed by atoms with van der Waals surface area (Å²) in [4.78, 5) is 37.9. The molecule has 1 aliphatic heterocycles. The SMILES string of the molecule is COc1ccc(C2C(C(=O)c3sc(C)nc3C)=C(O)C(=O)N2c2nc3ccc(OC)cc3s2)cc1. The van der Waals surface area contributed by atoms with Crippen molar-refractivity contribution in [3.63, 3.8) is 0 Å². The lowest BCUT2D eigenvalue weighted by atomic mass is 9.95. The fraction of sp³-hybridized carbons (Fsp3) is 0.200. The van der Waals surface area contributed by atoms with Crippen molar-refractivity contribution in [2.45, 2.75) is 19.9 Å². The number of nitrogens with zero attached hydrogens (tertiary/aromatic N) is 3. The van der Waals surface area contributed by atoms with Crippen molar-refractivity contribution in [2.24, 2.45) is 0 Å². The van der Waals surface area contributed by atoms with E-state index in [1.165, 1.54) is 27.6 Å². The lowest BCUT2D eigenvalue weighted by Crippen LogP contribution is -2.30. The zero-order chi connectivity index (χ0) is 24.9. The number of methoxy groups -OCH3 is 2. The normalized spacial score (nSPS) is 15.8. The van der Waals surface area contributed by atoms with E-state index in [0.717, 1.165) is 9.71 Å². The molecule has 10 heteroatoms. The van der Waals surface area contributed by atoms with E-state index in [-0.39, 0.29) is 5.57 Å². The highest BCUT2D eigenvalue weighted by Gasteiger charge is 2.46. The Kier molecular flexibility index (Phi) is 5.78. The second-order valence-corrected chi connectivity index (χ2v) is 10.1. The second kappa shape index (κ2) is 8.79. The number of aryl methyl sites for hydroxylation is 2. The monoisotopic (exact) mass is 507 g/mol. The number of carbonyl (C=O) groups excluding carboxylic acids is 2. The topological polar surface area (TPSA) is 102 Å². The Hall–Kier alpha value is -3.76. The van der Waals surface area contributed by atoms with Crippen molar-refractivity contribution in [3.05, 3.63) is 74.9 Å². The smallest absolute Gasteiger partial charge is 0.296 e. The molecule has 8 nitrogen and oxygen atoms in total. The molecular formula is C25H21N3O5S2. The van der Waals surface area contributed by atoms with Crippen LogP contribution in [0, 0.1) is 13.8 Å². The minimum absolute atomic E-state index is 0.00348. The zero-order valence-electron chi connectivity index (χ0n) is 19.4. The van der Waals surface area contributed by atoms with Crippen LogP contribution in [0.1, 0.15) is 32.0 Å². The summed E-state index contributed by atoms with van der Waals surface area (Å²) in [6.45, 7) is 3.55. The predicted molar refractivity (Wildman–Crippen MR) is 135 cm³/mol. The van der Waals surface area contributed by atoms with E-state index in [9.17, 15) is 14.7 Å². The first-order valence-electron chi connectivity index (χ1n) is 10.7. The van der Waals surface area contributed by atoms with Crippen LogP contribution in [0.15, 0.2) is 53.8 Å². The van der Waals surface area contributed by atoms with Gasteiger partial charge < -0.3 is 14.6 Å². The van der Waals surface area contributed by atoms with E-state index in [2.05, 4.69) is 9.97 Å². The lowest BCUT2D eigenvalue weighted by Gasteiger charge is -2.24. The number of aliphatic hydroxyl groups excluding tert-OH is 1. The number of aliphatic hydroxyl groups is 1. The van der Waals surface area contributed by atoms with Gasteiger partial charge >= 0.3 is 0 Å². The Balaban J connectivity index is 1.67. The average molecular weight is 508 g/mol. The van der Waals surface area contributed by atoms with Crippen LogP contribution in [-0.4, -0.2) is 41.0 Å².